The Hall–Kier alpha value is -0.0500. The Morgan fingerprint density at radius 1 is 1.46 bits per heavy atom. The SMILES string of the molecule is CC1(C)CN(C/C=C/CCl)CCN1. The van der Waals surface area contributed by atoms with Gasteiger partial charge in [-0.15, -0.1) is 11.6 Å². The summed E-state index contributed by atoms with van der Waals surface area (Å²) in [7, 11) is 0. The molecule has 1 saturated heterocycles. The zero-order chi connectivity index (χ0) is 9.73. The molecule has 1 fully saturated rings. The molecule has 0 aromatic rings. The molecule has 0 unspecified atom stereocenters. The van der Waals surface area contributed by atoms with Crippen LogP contribution in [0.5, 0.6) is 0 Å². The summed E-state index contributed by atoms with van der Waals surface area (Å²) in [5, 5.41) is 3.49. The molecule has 13 heavy (non-hydrogen) atoms. The second-order valence-corrected chi connectivity index (χ2v) is 4.48. The minimum absolute atomic E-state index is 0.257. The molecule has 0 aliphatic carbocycles. The van der Waals surface area contributed by atoms with Crippen molar-refractivity contribution in [3.63, 3.8) is 0 Å². The summed E-state index contributed by atoms with van der Waals surface area (Å²) >= 11 is 5.56. The number of halogens is 1. The number of rotatable bonds is 3. The largest absolute Gasteiger partial charge is 0.309 e. The molecule has 1 heterocycles. The summed E-state index contributed by atoms with van der Waals surface area (Å²) in [6.45, 7) is 8.84. The maximum absolute atomic E-state index is 5.56. The highest BCUT2D eigenvalue weighted by Gasteiger charge is 2.24. The van der Waals surface area contributed by atoms with Crippen LogP contribution in [0.4, 0.5) is 0 Å². The lowest BCUT2D eigenvalue weighted by molar-refractivity contribution is 0.169. The van der Waals surface area contributed by atoms with E-state index in [-0.39, 0.29) is 5.54 Å². The average molecular weight is 203 g/mol. The van der Waals surface area contributed by atoms with Crippen molar-refractivity contribution < 1.29 is 0 Å². The monoisotopic (exact) mass is 202 g/mol. The molecule has 0 aromatic heterocycles. The van der Waals surface area contributed by atoms with Gasteiger partial charge in [-0.25, -0.2) is 0 Å². The Labute approximate surface area is 85.9 Å². The van der Waals surface area contributed by atoms with Gasteiger partial charge in [0.1, 0.15) is 0 Å². The molecular weight excluding hydrogens is 184 g/mol. The first-order valence-corrected chi connectivity index (χ1v) is 5.36. The molecule has 0 atom stereocenters. The quantitative estimate of drug-likeness (QED) is 0.551. The van der Waals surface area contributed by atoms with Gasteiger partial charge in [0.05, 0.1) is 0 Å². The Bertz CT molecular complexity index is 178. The molecule has 0 radical (unpaired) electrons. The maximum Gasteiger partial charge on any atom is 0.0404 e. The number of allylic oxidation sites excluding steroid dienone is 1. The van der Waals surface area contributed by atoms with E-state index in [1.54, 1.807) is 0 Å². The van der Waals surface area contributed by atoms with Crippen LogP contribution in [0.25, 0.3) is 0 Å². The van der Waals surface area contributed by atoms with E-state index in [1.807, 2.05) is 6.08 Å². The lowest BCUT2D eigenvalue weighted by atomic mass is 10.0. The minimum atomic E-state index is 0.257. The molecule has 2 nitrogen and oxygen atoms in total. The van der Waals surface area contributed by atoms with Crippen LogP contribution < -0.4 is 5.32 Å². The van der Waals surface area contributed by atoms with E-state index in [0.717, 1.165) is 26.2 Å². The molecule has 3 heteroatoms. The van der Waals surface area contributed by atoms with Gasteiger partial charge in [0.2, 0.25) is 0 Å². The van der Waals surface area contributed by atoms with Gasteiger partial charge in [-0.05, 0) is 13.8 Å². The summed E-state index contributed by atoms with van der Waals surface area (Å²) in [6, 6.07) is 0. The second-order valence-electron chi connectivity index (χ2n) is 4.17. The normalized spacial score (nSPS) is 23.9. The van der Waals surface area contributed by atoms with Gasteiger partial charge < -0.3 is 5.32 Å². The molecule has 76 valence electrons. The second kappa shape index (κ2) is 4.99. The molecule has 1 aliphatic heterocycles. The van der Waals surface area contributed by atoms with E-state index < -0.39 is 0 Å². The Balaban J connectivity index is 2.30. The number of alkyl halides is 1. The third-order valence-corrected chi connectivity index (χ3v) is 2.45. The Morgan fingerprint density at radius 2 is 2.23 bits per heavy atom. The summed E-state index contributed by atoms with van der Waals surface area (Å²) in [6.07, 6.45) is 4.16. The first-order chi connectivity index (χ1) is 6.14. The molecule has 0 aromatic carbocycles. The van der Waals surface area contributed by atoms with Crippen LogP contribution in [0.1, 0.15) is 13.8 Å². The zero-order valence-electron chi connectivity index (χ0n) is 8.52. The Kier molecular flexibility index (Phi) is 4.23. The van der Waals surface area contributed by atoms with E-state index in [4.69, 9.17) is 11.6 Å². The van der Waals surface area contributed by atoms with Gasteiger partial charge in [-0.3, -0.25) is 4.90 Å². The van der Waals surface area contributed by atoms with E-state index in [1.165, 1.54) is 0 Å². The number of hydrogen-bond donors (Lipinski definition) is 1. The molecule has 0 saturated carbocycles. The Morgan fingerprint density at radius 3 is 2.85 bits per heavy atom. The topological polar surface area (TPSA) is 15.3 Å². The molecule has 0 bridgehead atoms. The van der Waals surface area contributed by atoms with Crippen molar-refractivity contribution in [3.8, 4) is 0 Å². The third-order valence-electron chi connectivity index (χ3n) is 2.27. The highest BCUT2D eigenvalue weighted by molar-refractivity contribution is 6.18. The van der Waals surface area contributed by atoms with Crippen molar-refractivity contribution in [2.24, 2.45) is 0 Å². The van der Waals surface area contributed by atoms with Crippen LogP contribution in [-0.2, 0) is 0 Å². The van der Waals surface area contributed by atoms with Crippen molar-refractivity contribution in [2.45, 2.75) is 19.4 Å². The van der Waals surface area contributed by atoms with Crippen LogP contribution in [0, 0.1) is 0 Å². The standard InChI is InChI=1S/C10H19ClN2/c1-10(2)9-13(8-6-12-10)7-4-3-5-11/h3-4,12H,5-9H2,1-2H3/b4-3+. The highest BCUT2D eigenvalue weighted by atomic mass is 35.5. The van der Waals surface area contributed by atoms with Crippen LogP contribution in [-0.4, -0.2) is 42.5 Å². The summed E-state index contributed by atoms with van der Waals surface area (Å²) < 4.78 is 0. The minimum Gasteiger partial charge on any atom is -0.309 e. The molecular formula is C10H19ClN2. The fourth-order valence-electron chi connectivity index (χ4n) is 1.69. The number of hydrogen-bond acceptors (Lipinski definition) is 2. The molecule has 1 rings (SSSR count). The number of nitrogens with one attached hydrogen (secondary N) is 1. The van der Waals surface area contributed by atoms with Crippen molar-refractivity contribution in [1.29, 1.82) is 0 Å². The van der Waals surface area contributed by atoms with E-state index >= 15 is 0 Å². The van der Waals surface area contributed by atoms with Gasteiger partial charge in [0.15, 0.2) is 0 Å². The van der Waals surface area contributed by atoms with Gasteiger partial charge >= 0.3 is 0 Å². The van der Waals surface area contributed by atoms with Crippen molar-refractivity contribution in [1.82, 2.24) is 10.2 Å². The van der Waals surface area contributed by atoms with Crippen molar-refractivity contribution in [3.05, 3.63) is 12.2 Å². The summed E-state index contributed by atoms with van der Waals surface area (Å²) in [5.74, 6) is 0.621. The van der Waals surface area contributed by atoms with Gasteiger partial charge in [0.25, 0.3) is 0 Å². The van der Waals surface area contributed by atoms with Crippen molar-refractivity contribution >= 4 is 11.6 Å². The lowest BCUT2D eigenvalue weighted by Crippen LogP contribution is -2.56. The highest BCUT2D eigenvalue weighted by Crippen LogP contribution is 2.09. The predicted octanol–water partition coefficient (Wildman–Crippen LogP) is 1.47. The van der Waals surface area contributed by atoms with E-state index in [0.29, 0.717) is 5.88 Å². The predicted molar refractivity (Wildman–Crippen MR) is 58.4 cm³/mol. The van der Waals surface area contributed by atoms with E-state index in [9.17, 15) is 0 Å². The average Bonchev–Trinajstić information content (AvgIpc) is 2.03. The van der Waals surface area contributed by atoms with Crippen LogP contribution in [0.15, 0.2) is 12.2 Å². The van der Waals surface area contributed by atoms with Crippen molar-refractivity contribution in [2.75, 3.05) is 32.1 Å². The van der Waals surface area contributed by atoms with Gasteiger partial charge in [-0.2, -0.15) is 0 Å². The molecule has 1 aliphatic rings. The van der Waals surface area contributed by atoms with Gasteiger partial charge in [-0.1, -0.05) is 12.2 Å². The first-order valence-electron chi connectivity index (χ1n) is 4.82. The fourth-order valence-corrected chi connectivity index (χ4v) is 1.81. The molecule has 1 N–H and O–H groups in total. The number of piperazine rings is 1. The first kappa shape index (κ1) is 11.0. The van der Waals surface area contributed by atoms with Crippen LogP contribution in [0.2, 0.25) is 0 Å². The van der Waals surface area contributed by atoms with Gasteiger partial charge in [0, 0.05) is 37.6 Å². The summed E-state index contributed by atoms with van der Waals surface area (Å²) in [4.78, 5) is 2.44. The number of nitrogens with zero attached hydrogens (tertiary/aromatic N) is 1. The summed E-state index contributed by atoms with van der Waals surface area (Å²) in [5.41, 5.74) is 0.257. The van der Waals surface area contributed by atoms with E-state index in [2.05, 4.69) is 30.1 Å². The third kappa shape index (κ3) is 4.12. The van der Waals surface area contributed by atoms with Crippen LogP contribution in [0.3, 0.4) is 0 Å². The smallest absolute Gasteiger partial charge is 0.0404 e. The lowest BCUT2D eigenvalue weighted by Gasteiger charge is -2.38. The molecule has 0 spiro atoms. The zero-order valence-corrected chi connectivity index (χ0v) is 9.27. The molecule has 0 amide bonds. The van der Waals surface area contributed by atoms with Crippen LogP contribution >= 0.6 is 11.6 Å². The maximum atomic E-state index is 5.56. The fraction of sp³-hybridized carbons (Fsp3) is 0.800.